The summed E-state index contributed by atoms with van der Waals surface area (Å²) in [6, 6.07) is 19.2. The zero-order valence-corrected chi connectivity index (χ0v) is 18.8. The molecular weight excluding hydrogens is 370 g/mol. The summed E-state index contributed by atoms with van der Waals surface area (Å²) in [7, 11) is 0. The summed E-state index contributed by atoms with van der Waals surface area (Å²) in [4.78, 5) is 19.4. The maximum atomic E-state index is 12.7. The van der Waals surface area contributed by atoms with Gasteiger partial charge in [-0.05, 0) is 75.7 Å². The smallest absolute Gasteiger partial charge is 0.253 e. The van der Waals surface area contributed by atoms with Crippen molar-refractivity contribution in [1.29, 1.82) is 0 Å². The number of hydrogen-bond acceptors (Lipinski definition) is 3. The number of nitrogens with zero attached hydrogens (tertiary/aromatic N) is 3. The highest BCUT2D eigenvalue weighted by molar-refractivity contribution is 5.94. The molecule has 4 nitrogen and oxygen atoms in total. The van der Waals surface area contributed by atoms with Crippen LogP contribution in [0.25, 0.3) is 0 Å². The van der Waals surface area contributed by atoms with Gasteiger partial charge in [0, 0.05) is 49.2 Å². The SMILES string of the molecule is C/C=C/N1CC[C@H](N(c2ccccc2)c2ccc(C(=O)N(CC)CC)cc2)[C@H](C)C1. The molecular formula is C26H35N3O. The first-order valence-electron chi connectivity index (χ1n) is 11.2. The Balaban J connectivity index is 1.90. The van der Waals surface area contributed by atoms with E-state index in [0.717, 1.165) is 43.9 Å². The molecule has 1 heterocycles. The summed E-state index contributed by atoms with van der Waals surface area (Å²) >= 11 is 0. The molecule has 1 aliphatic heterocycles. The van der Waals surface area contributed by atoms with E-state index in [-0.39, 0.29) is 5.91 Å². The molecule has 0 saturated carbocycles. The van der Waals surface area contributed by atoms with E-state index in [2.05, 4.69) is 78.4 Å². The van der Waals surface area contributed by atoms with Gasteiger partial charge in [-0.3, -0.25) is 4.79 Å². The summed E-state index contributed by atoms with van der Waals surface area (Å²) in [5.41, 5.74) is 3.11. The molecule has 2 aromatic carbocycles. The molecule has 1 fully saturated rings. The van der Waals surface area contributed by atoms with Gasteiger partial charge in [0.25, 0.3) is 5.91 Å². The minimum Gasteiger partial charge on any atom is -0.377 e. The Morgan fingerprint density at radius 3 is 2.23 bits per heavy atom. The third-order valence-electron chi connectivity index (χ3n) is 6.06. The van der Waals surface area contributed by atoms with Crippen LogP contribution >= 0.6 is 0 Å². The van der Waals surface area contributed by atoms with Crippen molar-refractivity contribution in [1.82, 2.24) is 9.80 Å². The van der Waals surface area contributed by atoms with E-state index in [1.807, 2.05) is 30.9 Å². The summed E-state index contributed by atoms with van der Waals surface area (Å²) in [5.74, 6) is 0.623. The average molecular weight is 406 g/mol. The molecule has 0 unspecified atom stereocenters. The molecule has 1 saturated heterocycles. The molecule has 0 aromatic heterocycles. The Hall–Kier alpha value is -2.75. The Labute approximate surface area is 181 Å². The molecule has 0 radical (unpaired) electrons. The maximum Gasteiger partial charge on any atom is 0.253 e. The van der Waals surface area contributed by atoms with E-state index in [4.69, 9.17) is 0 Å². The summed E-state index contributed by atoms with van der Waals surface area (Å²) < 4.78 is 0. The average Bonchev–Trinajstić information content (AvgIpc) is 2.77. The number of amides is 1. The number of anilines is 2. The van der Waals surface area contributed by atoms with Gasteiger partial charge in [0.15, 0.2) is 0 Å². The highest BCUT2D eigenvalue weighted by Gasteiger charge is 2.31. The molecule has 0 N–H and O–H groups in total. The molecule has 2 atom stereocenters. The fourth-order valence-corrected chi connectivity index (χ4v) is 4.47. The monoisotopic (exact) mass is 405 g/mol. The van der Waals surface area contributed by atoms with Crippen molar-refractivity contribution in [3.8, 4) is 0 Å². The lowest BCUT2D eigenvalue weighted by Crippen LogP contribution is -2.47. The lowest BCUT2D eigenvalue weighted by atomic mass is 9.91. The van der Waals surface area contributed by atoms with Crippen LogP contribution in [0.1, 0.15) is 44.5 Å². The third-order valence-corrected chi connectivity index (χ3v) is 6.06. The first kappa shape index (κ1) is 21.9. The number of allylic oxidation sites excluding steroid dienone is 1. The molecule has 3 rings (SSSR count). The topological polar surface area (TPSA) is 26.8 Å². The van der Waals surface area contributed by atoms with Crippen molar-refractivity contribution >= 4 is 17.3 Å². The summed E-state index contributed by atoms with van der Waals surface area (Å²) in [6.07, 6.45) is 5.42. The van der Waals surface area contributed by atoms with Crippen LogP contribution in [-0.2, 0) is 0 Å². The minimum atomic E-state index is 0.103. The number of likely N-dealkylation sites (tertiary alicyclic amines) is 1. The first-order valence-corrected chi connectivity index (χ1v) is 11.2. The van der Waals surface area contributed by atoms with Crippen LogP contribution in [-0.4, -0.2) is 47.9 Å². The zero-order chi connectivity index (χ0) is 21.5. The van der Waals surface area contributed by atoms with Crippen LogP contribution < -0.4 is 4.90 Å². The maximum absolute atomic E-state index is 12.7. The fraction of sp³-hybridized carbons (Fsp3) is 0.423. The van der Waals surface area contributed by atoms with Crippen LogP contribution in [0.2, 0.25) is 0 Å². The van der Waals surface area contributed by atoms with Gasteiger partial charge < -0.3 is 14.7 Å². The van der Waals surface area contributed by atoms with E-state index in [0.29, 0.717) is 12.0 Å². The molecule has 4 heteroatoms. The standard InChI is InChI=1S/C26H35N3O/c1-5-18-27-19-17-25(21(4)20-27)29(23-11-9-8-10-12-23)24-15-13-22(14-16-24)26(30)28(6-2)7-3/h5,8-16,18,21,25H,6-7,17,19-20H2,1-4H3/b18-5+/t21-,25+/m1/s1. The number of benzene rings is 2. The number of rotatable bonds is 7. The summed E-state index contributed by atoms with van der Waals surface area (Å²) in [5, 5.41) is 0. The highest BCUT2D eigenvalue weighted by atomic mass is 16.2. The van der Waals surface area contributed by atoms with Crippen molar-refractivity contribution < 1.29 is 4.79 Å². The van der Waals surface area contributed by atoms with Crippen molar-refractivity contribution in [2.75, 3.05) is 31.1 Å². The van der Waals surface area contributed by atoms with Crippen molar-refractivity contribution in [2.24, 2.45) is 5.92 Å². The molecule has 0 aliphatic carbocycles. The Morgan fingerprint density at radius 2 is 1.67 bits per heavy atom. The molecule has 30 heavy (non-hydrogen) atoms. The first-order chi connectivity index (χ1) is 14.6. The van der Waals surface area contributed by atoms with Gasteiger partial charge >= 0.3 is 0 Å². The van der Waals surface area contributed by atoms with Crippen molar-refractivity contribution in [2.45, 2.75) is 40.2 Å². The Kier molecular flexibility index (Phi) is 7.56. The lowest BCUT2D eigenvalue weighted by Gasteiger charge is -2.43. The normalized spacial score (nSPS) is 19.1. The van der Waals surface area contributed by atoms with Crippen molar-refractivity contribution in [3.63, 3.8) is 0 Å². The van der Waals surface area contributed by atoms with Crippen LogP contribution in [0.15, 0.2) is 66.9 Å². The quantitative estimate of drug-likeness (QED) is 0.604. The Bertz CT molecular complexity index is 827. The number of piperidine rings is 1. The molecule has 160 valence electrons. The Morgan fingerprint density at radius 1 is 1.03 bits per heavy atom. The zero-order valence-electron chi connectivity index (χ0n) is 18.8. The van der Waals surface area contributed by atoms with Gasteiger partial charge in [-0.1, -0.05) is 31.2 Å². The van der Waals surface area contributed by atoms with Gasteiger partial charge in [-0.25, -0.2) is 0 Å². The molecule has 1 amide bonds. The second kappa shape index (κ2) is 10.3. The van der Waals surface area contributed by atoms with Gasteiger partial charge in [0.1, 0.15) is 0 Å². The van der Waals surface area contributed by atoms with Crippen LogP contribution in [0.5, 0.6) is 0 Å². The number of para-hydroxylation sites is 1. The second-order valence-corrected chi connectivity index (χ2v) is 8.04. The van der Waals surface area contributed by atoms with Gasteiger partial charge in [-0.2, -0.15) is 0 Å². The highest BCUT2D eigenvalue weighted by Crippen LogP contribution is 2.34. The van der Waals surface area contributed by atoms with E-state index < -0.39 is 0 Å². The number of hydrogen-bond donors (Lipinski definition) is 0. The predicted octanol–water partition coefficient (Wildman–Crippen LogP) is 5.55. The molecule has 1 aliphatic rings. The van der Waals surface area contributed by atoms with E-state index in [1.165, 1.54) is 5.69 Å². The number of carbonyl (C=O) groups excluding carboxylic acids is 1. The largest absolute Gasteiger partial charge is 0.377 e. The molecule has 0 spiro atoms. The van der Waals surface area contributed by atoms with E-state index in [1.54, 1.807) is 0 Å². The van der Waals surface area contributed by atoms with Crippen LogP contribution in [0.3, 0.4) is 0 Å². The van der Waals surface area contributed by atoms with Crippen LogP contribution in [0.4, 0.5) is 11.4 Å². The van der Waals surface area contributed by atoms with E-state index >= 15 is 0 Å². The number of carbonyl (C=O) groups is 1. The van der Waals surface area contributed by atoms with Gasteiger partial charge in [-0.15, -0.1) is 0 Å². The molecule has 2 aromatic rings. The van der Waals surface area contributed by atoms with Crippen LogP contribution in [0, 0.1) is 5.92 Å². The fourth-order valence-electron chi connectivity index (χ4n) is 4.47. The van der Waals surface area contributed by atoms with Gasteiger partial charge in [0.2, 0.25) is 0 Å². The minimum absolute atomic E-state index is 0.103. The van der Waals surface area contributed by atoms with Gasteiger partial charge in [0.05, 0.1) is 0 Å². The van der Waals surface area contributed by atoms with Crippen molar-refractivity contribution in [3.05, 3.63) is 72.4 Å². The predicted molar refractivity (Wildman–Crippen MR) is 126 cm³/mol. The lowest BCUT2D eigenvalue weighted by molar-refractivity contribution is 0.0773. The second-order valence-electron chi connectivity index (χ2n) is 8.04. The third kappa shape index (κ3) is 4.86. The van der Waals surface area contributed by atoms with E-state index in [9.17, 15) is 4.79 Å². The molecule has 0 bridgehead atoms. The summed E-state index contributed by atoms with van der Waals surface area (Å²) in [6.45, 7) is 12.0.